The Balaban J connectivity index is 0.000000172. The highest BCUT2D eigenvalue weighted by atomic mass is 32.1. The van der Waals surface area contributed by atoms with Gasteiger partial charge in [0, 0.05) is 71.2 Å². The lowest BCUT2D eigenvalue weighted by Crippen LogP contribution is -2.35. The molecule has 4 aliphatic rings. The molecule has 4 atom stereocenters. The predicted octanol–water partition coefficient (Wildman–Crippen LogP) is 14.5. The summed E-state index contributed by atoms with van der Waals surface area (Å²) < 4.78 is 0. The Morgan fingerprint density at radius 1 is 0.524 bits per heavy atom. The van der Waals surface area contributed by atoms with Gasteiger partial charge in [0.25, 0.3) is 11.8 Å². The molecule has 12 rings (SSSR count). The first-order valence-electron chi connectivity index (χ1n) is 30.3. The van der Waals surface area contributed by atoms with E-state index in [0.29, 0.717) is 22.7 Å². The zero-order valence-electron chi connectivity index (χ0n) is 49.1. The number of benzene rings is 2. The third kappa shape index (κ3) is 14.2. The summed E-state index contributed by atoms with van der Waals surface area (Å²) in [6.07, 6.45) is 26.4. The van der Waals surface area contributed by atoms with Crippen LogP contribution in [0.15, 0.2) is 110 Å². The summed E-state index contributed by atoms with van der Waals surface area (Å²) >= 11 is 3.04. The van der Waals surface area contributed by atoms with Crippen molar-refractivity contribution in [3.05, 3.63) is 154 Å². The molecule has 2 amide bonds. The van der Waals surface area contributed by atoms with Gasteiger partial charge in [-0.1, -0.05) is 103 Å². The number of likely N-dealkylation sites (tertiary alicyclic amines) is 2. The van der Waals surface area contributed by atoms with Gasteiger partial charge in [0.05, 0.1) is 21.8 Å². The Hall–Kier alpha value is -6.32. The van der Waals surface area contributed by atoms with Gasteiger partial charge >= 0.3 is 0 Å². The minimum absolute atomic E-state index is 0.0114. The van der Waals surface area contributed by atoms with E-state index in [2.05, 4.69) is 143 Å². The zero-order chi connectivity index (χ0) is 56.8. The number of hydrogen-bond acceptors (Lipinski definition) is 12. The van der Waals surface area contributed by atoms with Crippen LogP contribution >= 0.6 is 22.7 Å². The molecule has 2 fully saturated rings. The molecule has 428 valence electrons. The van der Waals surface area contributed by atoms with Gasteiger partial charge in [-0.3, -0.25) is 9.59 Å². The van der Waals surface area contributed by atoms with Crippen LogP contribution in [0.1, 0.15) is 171 Å². The fraction of sp³-hybridized carbons (Fsp3) is 0.471. The molecule has 8 heterocycles. The first-order chi connectivity index (χ1) is 39.7. The Morgan fingerprint density at radius 2 is 0.902 bits per heavy atom. The Kier molecular flexibility index (Phi) is 18.0. The number of aromatic nitrogens is 6. The van der Waals surface area contributed by atoms with Crippen LogP contribution in [0, 0.1) is 22.7 Å². The van der Waals surface area contributed by atoms with Gasteiger partial charge in [0.2, 0.25) is 0 Å². The average Bonchev–Trinajstić information content (AvgIpc) is 4.21. The molecular weight excluding hydrogens is 1050 g/mol. The number of nitrogens with zero attached hydrogens (tertiary/aromatic N) is 8. The maximum Gasteiger partial charge on any atom is 0.261 e. The van der Waals surface area contributed by atoms with Crippen LogP contribution in [0.25, 0.3) is 42.7 Å². The van der Waals surface area contributed by atoms with E-state index in [1.54, 1.807) is 12.7 Å². The van der Waals surface area contributed by atoms with Crippen LogP contribution in [-0.2, 0) is 25.7 Å². The van der Waals surface area contributed by atoms with Gasteiger partial charge in [0.1, 0.15) is 22.3 Å². The zero-order valence-corrected chi connectivity index (χ0v) is 50.7. The first-order valence-corrected chi connectivity index (χ1v) is 31.9. The molecule has 2 aliphatic heterocycles. The third-order valence-electron chi connectivity index (χ3n) is 18.0. The molecule has 8 aromatic rings. The van der Waals surface area contributed by atoms with E-state index in [1.165, 1.54) is 96.6 Å². The predicted molar refractivity (Wildman–Crippen MR) is 334 cm³/mol. The highest BCUT2D eigenvalue weighted by Gasteiger charge is 2.32. The largest absolute Gasteiger partial charge is 0.344 e. The monoisotopic (exact) mass is 1130 g/mol. The minimum atomic E-state index is -0.0654. The van der Waals surface area contributed by atoms with Gasteiger partial charge in [-0.15, -0.1) is 22.7 Å². The highest BCUT2D eigenvalue weighted by Crippen LogP contribution is 2.41. The molecule has 0 spiro atoms. The molecule has 12 nitrogen and oxygen atoms in total. The quantitative estimate of drug-likeness (QED) is 0.108. The summed E-state index contributed by atoms with van der Waals surface area (Å²) in [7, 11) is 0. The Labute approximate surface area is 493 Å². The van der Waals surface area contributed by atoms with Gasteiger partial charge in [0.15, 0.2) is 0 Å². The first kappa shape index (κ1) is 57.5. The van der Waals surface area contributed by atoms with E-state index in [0.717, 1.165) is 141 Å². The van der Waals surface area contributed by atoms with Crippen molar-refractivity contribution in [3.63, 3.8) is 0 Å². The fourth-order valence-corrected chi connectivity index (χ4v) is 14.6. The van der Waals surface area contributed by atoms with Crippen molar-refractivity contribution in [1.29, 1.82) is 0 Å². The fourth-order valence-electron chi connectivity index (χ4n) is 12.8. The molecule has 82 heavy (non-hydrogen) atoms. The number of carbonyl (C=O) groups is 2. The van der Waals surface area contributed by atoms with Gasteiger partial charge in [-0.05, 0) is 184 Å². The Morgan fingerprint density at radius 3 is 1.27 bits per heavy atom. The molecular formula is C68H82N10O2S2. The Bertz CT molecular complexity index is 3200. The maximum absolute atomic E-state index is 13.7. The summed E-state index contributed by atoms with van der Waals surface area (Å²) in [6, 6.07) is 25.5. The van der Waals surface area contributed by atoms with Gasteiger partial charge in [-0.25, -0.2) is 29.9 Å². The van der Waals surface area contributed by atoms with Crippen LogP contribution in [0.3, 0.4) is 0 Å². The number of aryl methyl sites for hydroxylation is 2. The topological polar surface area (TPSA) is 142 Å². The molecule has 2 N–H and O–H groups in total. The molecule has 2 aliphatic carbocycles. The van der Waals surface area contributed by atoms with Crippen molar-refractivity contribution in [2.75, 3.05) is 39.3 Å². The van der Waals surface area contributed by atoms with Crippen molar-refractivity contribution in [2.45, 2.75) is 144 Å². The molecule has 2 saturated heterocycles. The number of piperidine rings is 2. The number of amides is 2. The smallest absolute Gasteiger partial charge is 0.261 e. The second-order valence-corrected chi connectivity index (χ2v) is 27.8. The number of hydrogen-bond donors (Lipinski definition) is 2. The number of fused-ring (bicyclic) bond motifs is 4. The minimum Gasteiger partial charge on any atom is -0.344 e. The molecule has 0 saturated carbocycles. The average molecular weight is 1140 g/mol. The second kappa shape index (κ2) is 25.7. The summed E-state index contributed by atoms with van der Waals surface area (Å²) in [5.74, 6) is 1.31. The summed E-state index contributed by atoms with van der Waals surface area (Å²) in [6.45, 7) is 20.6. The number of thiophene rings is 2. The van der Waals surface area contributed by atoms with Crippen molar-refractivity contribution < 1.29 is 9.59 Å². The van der Waals surface area contributed by atoms with Crippen LogP contribution in [-0.4, -0.2) is 90.8 Å². The lowest BCUT2D eigenvalue weighted by Gasteiger charge is -2.34. The van der Waals surface area contributed by atoms with Crippen molar-refractivity contribution >= 4 is 54.9 Å². The molecule has 2 aromatic carbocycles. The van der Waals surface area contributed by atoms with E-state index in [9.17, 15) is 9.59 Å². The van der Waals surface area contributed by atoms with E-state index in [1.807, 2.05) is 36.9 Å². The normalized spacial score (nSPS) is 18.7. The summed E-state index contributed by atoms with van der Waals surface area (Å²) in [5, 5.41) is 8.98. The van der Waals surface area contributed by atoms with Gasteiger partial charge in [-0.2, -0.15) is 0 Å². The van der Waals surface area contributed by atoms with Crippen LogP contribution < -0.4 is 10.6 Å². The van der Waals surface area contributed by atoms with Crippen molar-refractivity contribution in [2.24, 2.45) is 22.7 Å². The van der Waals surface area contributed by atoms with E-state index < -0.39 is 0 Å². The van der Waals surface area contributed by atoms with Crippen molar-refractivity contribution in [1.82, 2.24) is 50.3 Å². The van der Waals surface area contributed by atoms with Gasteiger partial charge < -0.3 is 20.4 Å². The molecule has 6 aromatic heterocycles. The lowest BCUT2D eigenvalue weighted by molar-refractivity contribution is 0.0926. The summed E-state index contributed by atoms with van der Waals surface area (Å²) in [4.78, 5) is 62.5. The van der Waals surface area contributed by atoms with Crippen LogP contribution in [0.5, 0.6) is 0 Å². The molecule has 0 bridgehead atoms. The molecule has 14 heteroatoms. The summed E-state index contributed by atoms with van der Waals surface area (Å²) in [5.41, 5.74) is 12.1. The van der Waals surface area contributed by atoms with E-state index in [-0.39, 0.29) is 23.9 Å². The highest BCUT2D eigenvalue weighted by molar-refractivity contribution is 7.20. The van der Waals surface area contributed by atoms with Crippen molar-refractivity contribution in [3.8, 4) is 22.3 Å². The SMILES string of the molecule is CC(C)(C)[C@H]1CCc2nc3sc(C(=O)N[C@@H](CCN4CCCCC4)c4ccc(-c5cncnc5)cc4)cc3cc2C1.CC(C)(C)[C@H]1CCc2nc3sc(C(=O)N[C@H](CCN4CCCCC4)c4ccc(-c5cncnc5)cc4)cc3cc2C1. The van der Waals surface area contributed by atoms with E-state index in [4.69, 9.17) is 9.97 Å². The van der Waals surface area contributed by atoms with Crippen LogP contribution in [0.2, 0.25) is 0 Å². The maximum atomic E-state index is 13.7. The third-order valence-corrected chi connectivity index (χ3v) is 20.1. The number of pyridine rings is 2. The van der Waals surface area contributed by atoms with E-state index >= 15 is 0 Å². The van der Waals surface area contributed by atoms with Crippen LogP contribution in [0.4, 0.5) is 0 Å². The number of rotatable bonds is 14. The molecule has 0 radical (unpaired) electrons. The number of carbonyl (C=O) groups excluding carboxylic acids is 2. The lowest BCUT2D eigenvalue weighted by atomic mass is 9.71. The standard InChI is InChI=1S/2C34H41N5OS/c2*1-34(2,3)28-11-12-29-25(18-28)17-26-19-31(41-33(26)38-29)32(40)37-30(13-16-39-14-5-4-6-15-39)24-9-7-23(8-10-24)27-20-35-22-36-21-27/h2*7-10,17,19-22,28,30H,4-6,11-16,18H2,1-3H3,(H,37,40)/t28-,30+;28-,30-/m00/s1. The number of nitrogens with one attached hydrogen (secondary N) is 2. The second-order valence-electron chi connectivity index (χ2n) is 25.7. The molecule has 0 unspecified atom stereocenters.